The standard InChI is InChI=1S/C11H11BrO2/c1-7-4-8(6-9(12)5-7)11(2-3-11)10(13)14/h4-6H,2-3H2,1H3,(H,13,14). The largest absolute Gasteiger partial charge is 0.481 e. The molecule has 1 aromatic rings. The lowest BCUT2D eigenvalue weighted by Crippen LogP contribution is -2.19. The second kappa shape index (κ2) is 3.09. The summed E-state index contributed by atoms with van der Waals surface area (Å²) in [4.78, 5) is 11.1. The van der Waals surface area contributed by atoms with Gasteiger partial charge in [0.05, 0.1) is 5.41 Å². The third-order valence-corrected chi connectivity index (χ3v) is 3.21. The molecular weight excluding hydrogens is 244 g/mol. The van der Waals surface area contributed by atoms with Crippen molar-refractivity contribution >= 4 is 21.9 Å². The summed E-state index contributed by atoms with van der Waals surface area (Å²) in [6, 6.07) is 5.86. The lowest BCUT2D eigenvalue weighted by molar-refractivity contribution is -0.140. The molecule has 1 fully saturated rings. The fourth-order valence-corrected chi connectivity index (χ4v) is 2.37. The lowest BCUT2D eigenvalue weighted by atomic mass is 9.95. The minimum absolute atomic E-state index is 0.589. The van der Waals surface area contributed by atoms with E-state index < -0.39 is 11.4 Å². The summed E-state index contributed by atoms with van der Waals surface area (Å²) in [5.74, 6) is -0.699. The lowest BCUT2D eigenvalue weighted by Gasteiger charge is -2.11. The van der Waals surface area contributed by atoms with Crippen molar-refractivity contribution in [2.45, 2.75) is 25.2 Å². The molecule has 2 nitrogen and oxygen atoms in total. The zero-order valence-electron chi connectivity index (χ0n) is 7.88. The van der Waals surface area contributed by atoms with Gasteiger partial charge in [0.25, 0.3) is 0 Å². The molecule has 74 valence electrons. The van der Waals surface area contributed by atoms with Gasteiger partial charge in [0, 0.05) is 4.47 Å². The number of carboxylic acid groups (broad SMARTS) is 1. The van der Waals surface area contributed by atoms with Crippen molar-refractivity contribution in [1.82, 2.24) is 0 Å². The minimum atomic E-state index is -0.699. The number of carboxylic acids is 1. The van der Waals surface area contributed by atoms with Crippen LogP contribution in [0.1, 0.15) is 24.0 Å². The Morgan fingerprint density at radius 2 is 2.07 bits per heavy atom. The van der Waals surface area contributed by atoms with Gasteiger partial charge < -0.3 is 5.11 Å². The average Bonchev–Trinajstić information content (AvgIpc) is 2.81. The van der Waals surface area contributed by atoms with E-state index in [1.807, 2.05) is 25.1 Å². The maximum absolute atomic E-state index is 11.1. The SMILES string of the molecule is Cc1cc(Br)cc(C2(C(=O)O)CC2)c1. The molecule has 1 aliphatic carbocycles. The van der Waals surface area contributed by atoms with Crippen molar-refractivity contribution in [3.63, 3.8) is 0 Å². The maximum atomic E-state index is 11.1. The third-order valence-electron chi connectivity index (χ3n) is 2.75. The van der Waals surface area contributed by atoms with Crippen molar-refractivity contribution in [3.8, 4) is 0 Å². The van der Waals surface area contributed by atoms with Crippen molar-refractivity contribution in [3.05, 3.63) is 33.8 Å². The van der Waals surface area contributed by atoms with Gasteiger partial charge in [-0.05, 0) is 43.0 Å². The molecule has 0 unspecified atom stereocenters. The van der Waals surface area contributed by atoms with Gasteiger partial charge in [0.2, 0.25) is 0 Å². The predicted octanol–water partition coefficient (Wildman–Crippen LogP) is 2.87. The molecule has 0 radical (unpaired) electrons. The van der Waals surface area contributed by atoms with Crippen LogP contribution in [-0.4, -0.2) is 11.1 Å². The number of rotatable bonds is 2. The van der Waals surface area contributed by atoms with Gasteiger partial charge in [-0.3, -0.25) is 4.79 Å². The Balaban J connectivity index is 2.47. The van der Waals surface area contributed by atoms with E-state index in [-0.39, 0.29) is 0 Å². The van der Waals surface area contributed by atoms with Crippen molar-refractivity contribution in [2.24, 2.45) is 0 Å². The van der Waals surface area contributed by atoms with Gasteiger partial charge >= 0.3 is 5.97 Å². The fraction of sp³-hybridized carbons (Fsp3) is 0.364. The summed E-state index contributed by atoms with van der Waals surface area (Å²) in [6.45, 7) is 1.98. The highest BCUT2D eigenvalue weighted by Gasteiger charge is 2.51. The molecule has 3 heteroatoms. The van der Waals surface area contributed by atoms with Crippen LogP contribution in [0.5, 0.6) is 0 Å². The number of halogens is 1. The van der Waals surface area contributed by atoms with E-state index in [1.165, 1.54) is 0 Å². The van der Waals surface area contributed by atoms with Gasteiger partial charge in [-0.1, -0.05) is 22.0 Å². The molecule has 2 rings (SSSR count). The molecule has 1 aliphatic rings. The van der Waals surface area contributed by atoms with E-state index >= 15 is 0 Å². The number of aryl methyl sites for hydroxylation is 1. The molecule has 1 saturated carbocycles. The first-order valence-corrected chi connectivity index (χ1v) is 5.35. The number of carbonyl (C=O) groups is 1. The van der Waals surface area contributed by atoms with Crippen LogP contribution in [0.4, 0.5) is 0 Å². The summed E-state index contributed by atoms with van der Waals surface area (Å²) in [6.07, 6.45) is 1.52. The molecular formula is C11H11BrO2. The van der Waals surface area contributed by atoms with Crippen LogP contribution in [0.25, 0.3) is 0 Å². The first-order valence-electron chi connectivity index (χ1n) is 4.56. The Labute approximate surface area is 91.1 Å². The highest BCUT2D eigenvalue weighted by atomic mass is 79.9. The predicted molar refractivity (Wildman–Crippen MR) is 57.4 cm³/mol. The summed E-state index contributed by atoms with van der Waals surface area (Å²) >= 11 is 3.39. The van der Waals surface area contributed by atoms with Crippen LogP contribution in [0, 0.1) is 6.92 Å². The van der Waals surface area contributed by atoms with Gasteiger partial charge in [-0.15, -0.1) is 0 Å². The first kappa shape index (κ1) is 9.71. The van der Waals surface area contributed by atoms with E-state index in [0.717, 1.165) is 28.4 Å². The average molecular weight is 255 g/mol. The van der Waals surface area contributed by atoms with E-state index in [9.17, 15) is 4.79 Å². The van der Waals surface area contributed by atoms with Crippen LogP contribution < -0.4 is 0 Å². The quantitative estimate of drug-likeness (QED) is 0.882. The molecule has 0 heterocycles. The number of benzene rings is 1. The second-order valence-corrected chi connectivity index (χ2v) is 4.82. The molecule has 0 bridgehead atoms. The summed E-state index contributed by atoms with van der Waals surface area (Å²) < 4.78 is 0.958. The molecule has 0 saturated heterocycles. The summed E-state index contributed by atoms with van der Waals surface area (Å²) in [7, 11) is 0. The van der Waals surface area contributed by atoms with Crippen LogP contribution in [0.2, 0.25) is 0 Å². The van der Waals surface area contributed by atoms with Crippen molar-refractivity contribution < 1.29 is 9.90 Å². The van der Waals surface area contributed by atoms with Crippen LogP contribution in [0.15, 0.2) is 22.7 Å². The van der Waals surface area contributed by atoms with E-state index in [4.69, 9.17) is 5.11 Å². The highest BCUT2D eigenvalue weighted by molar-refractivity contribution is 9.10. The number of hydrogen-bond donors (Lipinski definition) is 1. The first-order chi connectivity index (χ1) is 6.54. The van der Waals surface area contributed by atoms with Crippen LogP contribution in [0.3, 0.4) is 0 Å². The molecule has 1 aromatic carbocycles. The van der Waals surface area contributed by atoms with E-state index in [2.05, 4.69) is 15.9 Å². The Morgan fingerprint density at radius 3 is 2.50 bits per heavy atom. The van der Waals surface area contributed by atoms with E-state index in [0.29, 0.717) is 0 Å². The smallest absolute Gasteiger partial charge is 0.314 e. The van der Waals surface area contributed by atoms with Crippen molar-refractivity contribution in [1.29, 1.82) is 0 Å². The van der Waals surface area contributed by atoms with E-state index in [1.54, 1.807) is 0 Å². The van der Waals surface area contributed by atoms with Gasteiger partial charge in [0.1, 0.15) is 0 Å². The van der Waals surface area contributed by atoms with Gasteiger partial charge in [0.15, 0.2) is 0 Å². The Morgan fingerprint density at radius 1 is 1.43 bits per heavy atom. The zero-order valence-corrected chi connectivity index (χ0v) is 9.47. The number of aliphatic carboxylic acids is 1. The highest BCUT2D eigenvalue weighted by Crippen LogP contribution is 2.49. The normalized spacial score (nSPS) is 17.9. The molecule has 0 spiro atoms. The van der Waals surface area contributed by atoms with Crippen LogP contribution in [-0.2, 0) is 10.2 Å². The second-order valence-electron chi connectivity index (χ2n) is 3.90. The molecule has 0 atom stereocenters. The van der Waals surface area contributed by atoms with Gasteiger partial charge in [-0.25, -0.2) is 0 Å². The Bertz CT molecular complexity index is 374. The topological polar surface area (TPSA) is 37.3 Å². The maximum Gasteiger partial charge on any atom is 0.314 e. The van der Waals surface area contributed by atoms with Gasteiger partial charge in [-0.2, -0.15) is 0 Å². The molecule has 0 aromatic heterocycles. The zero-order chi connectivity index (χ0) is 10.3. The summed E-state index contributed by atoms with van der Waals surface area (Å²) in [5.41, 5.74) is 1.44. The number of hydrogen-bond acceptors (Lipinski definition) is 1. The Kier molecular flexibility index (Phi) is 2.14. The van der Waals surface area contributed by atoms with Crippen molar-refractivity contribution in [2.75, 3.05) is 0 Å². The molecule has 0 amide bonds. The monoisotopic (exact) mass is 254 g/mol. The summed E-state index contributed by atoms with van der Waals surface area (Å²) in [5, 5.41) is 9.12. The Hall–Kier alpha value is -0.830. The minimum Gasteiger partial charge on any atom is -0.481 e. The third kappa shape index (κ3) is 1.46. The molecule has 1 N–H and O–H groups in total. The molecule has 0 aliphatic heterocycles. The molecule has 14 heavy (non-hydrogen) atoms. The fourth-order valence-electron chi connectivity index (χ4n) is 1.76. The van der Waals surface area contributed by atoms with Crippen LogP contribution >= 0.6 is 15.9 Å².